The number of aromatic nitrogens is 2. The number of hydrogen-bond acceptors (Lipinski definition) is 4. The van der Waals surface area contributed by atoms with Gasteiger partial charge >= 0.3 is 0 Å². The summed E-state index contributed by atoms with van der Waals surface area (Å²) in [7, 11) is 0. The quantitative estimate of drug-likeness (QED) is 0.853. The van der Waals surface area contributed by atoms with Gasteiger partial charge in [-0.3, -0.25) is 4.98 Å². The van der Waals surface area contributed by atoms with E-state index in [0.717, 1.165) is 11.1 Å². The molecule has 0 bridgehead atoms. The smallest absolute Gasteiger partial charge is 0.222 e. The Labute approximate surface area is 93.6 Å². The van der Waals surface area contributed by atoms with Crippen LogP contribution in [0.15, 0.2) is 36.8 Å². The van der Waals surface area contributed by atoms with E-state index in [2.05, 4.69) is 9.97 Å². The Bertz CT molecular complexity index is 472. The lowest BCUT2D eigenvalue weighted by atomic mass is 10.2. The molecule has 0 aliphatic carbocycles. The first-order valence-corrected chi connectivity index (χ1v) is 4.94. The van der Waals surface area contributed by atoms with Crippen LogP contribution in [0.1, 0.15) is 11.1 Å². The zero-order valence-electron chi connectivity index (χ0n) is 8.92. The standard InChI is InChI=1S/C12H12N2O2/c1-9-5-10(8-15)6-14-12(9)16-11-3-2-4-13-7-11/h2-7,15H,8H2,1H3. The molecule has 0 radical (unpaired) electrons. The van der Waals surface area contributed by atoms with Crippen LogP contribution in [-0.2, 0) is 6.61 Å². The SMILES string of the molecule is Cc1cc(CO)cnc1Oc1cccnc1. The van der Waals surface area contributed by atoms with Crippen molar-refractivity contribution in [2.24, 2.45) is 0 Å². The van der Waals surface area contributed by atoms with Crippen molar-refractivity contribution in [2.75, 3.05) is 0 Å². The fourth-order valence-electron chi connectivity index (χ4n) is 1.33. The number of aliphatic hydroxyl groups is 1. The van der Waals surface area contributed by atoms with Gasteiger partial charge in [0.1, 0.15) is 5.75 Å². The van der Waals surface area contributed by atoms with E-state index in [9.17, 15) is 0 Å². The van der Waals surface area contributed by atoms with Gasteiger partial charge in [0.25, 0.3) is 0 Å². The Morgan fingerprint density at radius 1 is 1.38 bits per heavy atom. The number of ether oxygens (including phenoxy) is 1. The molecule has 16 heavy (non-hydrogen) atoms. The molecule has 0 saturated carbocycles. The Kier molecular flexibility index (Phi) is 3.12. The van der Waals surface area contributed by atoms with Crippen LogP contribution in [0.25, 0.3) is 0 Å². The zero-order valence-corrected chi connectivity index (χ0v) is 8.92. The van der Waals surface area contributed by atoms with Gasteiger partial charge in [0, 0.05) is 18.0 Å². The molecule has 0 spiro atoms. The van der Waals surface area contributed by atoms with Crippen molar-refractivity contribution in [1.82, 2.24) is 9.97 Å². The Morgan fingerprint density at radius 2 is 2.25 bits per heavy atom. The lowest BCUT2D eigenvalue weighted by Crippen LogP contribution is -1.94. The summed E-state index contributed by atoms with van der Waals surface area (Å²) >= 11 is 0. The van der Waals surface area contributed by atoms with Crippen LogP contribution in [0.4, 0.5) is 0 Å². The second-order valence-electron chi connectivity index (χ2n) is 3.41. The molecule has 4 nitrogen and oxygen atoms in total. The van der Waals surface area contributed by atoms with Crippen LogP contribution < -0.4 is 4.74 Å². The average Bonchev–Trinajstić information content (AvgIpc) is 2.33. The zero-order chi connectivity index (χ0) is 11.4. The fourth-order valence-corrected chi connectivity index (χ4v) is 1.33. The molecule has 4 heteroatoms. The van der Waals surface area contributed by atoms with E-state index in [-0.39, 0.29) is 6.61 Å². The predicted octanol–water partition coefficient (Wildman–Crippen LogP) is 2.07. The number of nitrogens with zero attached hydrogens (tertiary/aromatic N) is 2. The maximum absolute atomic E-state index is 8.95. The number of pyridine rings is 2. The van der Waals surface area contributed by atoms with Gasteiger partial charge < -0.3 is 9.84 Å². The maximum atomic E-state index is 8.95. The van der Waals surface area contributed by atoms with Crippen molar-refractivity contribution in [3.63, 3.8) is 0 Å². The molecular weight excluding hydrogens is 204 g/mol. The third-order valence-electron chi connectivity index (χ3n) is 2.12. The minimum absolute atomic E-state index is 0.0129. The topological polar surface area (TPSA) is 55.2 Å². The van der Waals surface area contributed by atoms with Crippen molar-refractivity contribution >= 4 is 0 Å². The Balaban J connectivity index is 2.22. The van der Waals surface area contributed by atoms with Gasteiger partial charge in [0.2, 0.25) is 5.88 Å². The van der Waals surface area contributed by atoms with E-state index in [1.807, 2.05) is 19.1 Å². The number of rotatable bonds is 3. The largest absolute Gasteiger partial charge is 0.437 e. The summed E-state index contributed by atoms with van der Waals surface area (Å²) in [5, 5.41) is 8.95. The molecule has 2 heterocycles. The van der Waals surface area contributed by atoms with Gasteiger partial charge in [-0.25, -0.2) is 4.98 Å². The number of aliphatic hydroxyl groups excluding tert-OH is 1. The number of hydrogen-bond donors (Lipinski definition) is 1. The highest BCUT2D eigenvalue weighted by Crippen LogP contribution is 2.22. The summed E-state index contributed by atoms with van der Waals surface area (Å²) in [5.41, 5.74) is 1.66. The summed E-state index contributed by atoms with van der Waals surface area (Å²) in [6, 6.07) is 5.46. The lowest BCUT2D eigenvalue weighted by molar-refractivity contribution is 0.281. The third-order valence-corrected chi connectivity index (χ3v) is 2.12. The van der Waals surface area contributed by atoms with Gasteiger partial charge in [-0.15, -0.1) is 0 Å². The van der Waals surface area contributed by atoms with Gasteiger partial charge in [0.05, 0.1) is 12.8 Å². The first kappa shape index (κ1) is 10.6. The Morgan fingerprint density at radius 3 is 2.88 bits per heavy atom. The highest BCUT2D eigenvalue weighted by Gasteiger charge is 2.03. The van der Waals surface area contributed by atoms with E-state index in [1.165, 1.54) is 0 Å². The molecule has 2 aromatic rings. The summed E-state index contributed by atoms with van der Waals surface area (Å²) in [5.74, 6) is 1.18. The molecule has 0 saturated heterocycles. The van der Waals surface area contributed by atoms with Gasteiger partial charge in [-0.2, -0.15) is 0 Å². The minimum Gasteiger partial charge on any atom is -0.437 e. The Hall–Kier alpha value is -1.94. The second-order valence-corrected chi connectivity index (χ2v) is 3.41. The van der Waals surface area contributed by atoms with E-state index < -0.39 is 0 Å². The van der Waals surface area contributed by atoms with Crippen LogP contribution in [-0.4, -0.2) is 15.1 Å². The van der Waals surface area contributed by atoms with Gasteiger partial charge in [-0.05, 0) is 30.7 Å². The van der Waals surface area contributed by atoms with Crippen LogP contribution in [0.5, 0.6) is 11.6 Å². The van der Waals surface area contributed by atoms with Crippen molar-refractivity contribution in [3.05, 3.63) is 47.9 Å². The molecule has 1 N–H and O–H groups in total. The molecule has 0 aliphatic rings. The first-order valence-electron chi connectivity index (χ1n) is 4.94. The summed E-state index contributed by atoms with van der Waals surface area (Å²) in [6.45, 7) is 1.87. The van der Waals surface area contributed by atoms with Crippen molar-refractivity contribution in [2.45, 2.75) is 13.5 Å². The summed E-state index contributed by atoms with van der Waals surface area (Å²) in [4.78, 5) is 8.09. The normalized spacial score (nSPS) is 10.1. The van der Waals surface area contributed by atoms with Crippen LogP contribution in [0.2, 0.25) is 0 Å². The van der Waals surface area contributed by atoms with Crippen molar-refractivity contribution in [1.29, 1.82) is 0 Å². The average molecular weight is 216 g/mol. The predicted molar refractivity (Wildman–Crippen MR) is 59.2 cm³/mol. The summed E-state index contributed by atoms with van der Waals surface area (Å²) < 4.78 is 5.55. The third kappa shape index (κ3) is 2.35. The molecular formula is C12H12N2O2. The van der Waals surface area contributed by atoms with E-state index in [4.69, 9.17) is 9.84 Å². The van der Waals surface area contributed by atoms with E-state index in [0.29, 0.717) is 11.6 Å². The molecule has 0 aliphatic heterocycles. The molecule has 2 aromatic heterocycles. The van der Waals surface area contributed by atoms with Crippen molar-refractivity contribution in [3.8, 4) is 11.6 Å². The molecule has 0 aromatic carbocycles. The minimum atomic E-state index is -0.0129. The van der Waals surface area contributed by atoms with Crippen LogP contribution >= 0.6 is 0 Å². The lowest BCUT2D eigenvalue weighted by Gasteiger charge is -2.07. The van der Waals surface area contributed by atoms with Crippen LogP contribution in [0, 0.1) is 6.92 Å². The maximum Gasteiger partial charge on any atom is 0.222 e. The summed E-state index contributed by atoms with van der Waals surface area (Å²) in [6.07, 6.45) is 4.90. The molecule has 82 valence electrons. The number of aryl methyl sites for hydroxylation is 1. The van der Waals surface area contributed by atoms with E-state index in [1.54, 1.807) is 24.7 Å². The van der Waals surface area contributed by atoms with Crippen LogP contribution in [0.3, 0.4) is 0 Å². The van der Waals surface area contributed by atoms with Gasteiger partial charge in [-0.1, -0.05) is 0 Å². The highest BCUT2D eigenvalue weighted by molar-refractivity contribution is 5.32. The first-order chi connectivity index (χ1) is 7.79. The molecule has 0 amide bonds. The monoisotopic (exact) mass is 216 g/mol. The molecule has 2 rings (SSSR count). The highest BCUT2D eigenvalue weighted by atomic mass is 16.5. The fraction of sp³-hybridized carbons (Fsp3) is 0.167. The van der Waals surface area contributed by atoms with Gasteiger partial charge in [0.15, 0.2) is 0 Å². The van der Waals surface area contributed by atoms with Crippen molar-refractivity contribution < 1.29 is 9.84 Å². The molecule has 0 fully saturated rings. The van der Waals surface area contributed by atoms with E-state index >= 15 is 0 Å². The molecule has 0 atom stereocenters. The second kappa shape index (κ2) is 4.72. The molecule has 0 unspecified atom stereocenters.